The molecule has 2 aromatic rings. The van der Waals surface area contributed by atoms with E-state index in [1.165, 1.54) is 21.0 Å². The molecule has 1 aromatic carbocycles. The molecule has 0 aliphatic heterocycles. The van der Waals surface area contributed by atoms with E-state index in [9.17, 15) is 0 Å². The van der Waals surface area contributed by atoms with Crippen molar-refractivity contribution >= 4 is 11.3 Å². The molecule has 0 saturated carbocycles. The van der Waals surface area contributed by atoms with Crippen LogP contribution in [0.15, 0.2) is 30.5 Å². The van der Waals surface area contributed by atoms with Gasteiger partial charge in [-0.25, -0.2) is 4.98 Å². The SMILES string of the molecule is Cc1cnc(CNC2c3ccccc3CC2(C)C)s1. The number of nitrogens with one attached hydrogen (secondary N) is 1. The van der Waals surface area contributed by atoms with Crippen LogP contribution in [0.4, 0.5) is 0 Å². The maximum atomic E-state index is 4.44. The van der Waals surface area contributed by atoms with Crippen LogP contribution < -0.4 is 5.32 Å². The predicted molar refractivity (Wildman–Crippen MR) is 80.4 cm³/mol. The monoisotopic (exact) mass is 272 g/mol. The Hall–Kier alpha value is -1.19. The van der Waals surface area contributed by atoms with Crippen molar-refractivity contribution in [1.82, 2.24) is 10.3 Å². The lowest BCUT2D eigenvalue weighted by Gasteiger charge is -2.28. The second-order valence-electron chi connectivity index (χ2n) is 6.04. The van der Waals surface area contributed by atoms with Crippen LogP contribution in [-0.4, -0.2) is 4.98 Å². The van der Waals surface area contributed by atoms with Gasteiger partial charge < -0.3 is 5.32 Å². The summed E-state index contributed by atoms with van der Waals surface area (Å²) in [5.41, 5.74) is 3.22. The summed E-state index contributed by atoms with van der Waals surface area (Å²) in [5.74, 6) is 0. The molecular weight excluding hydrogens is 252 g/mol. The van der Waals surface area contributed by atoms with Gasteiger partial charge in [0.15, 0.2) is 0 Å². The largest absolute Gasteiger partial charge is 0.303 e. The fraction of sp³-hybridized carbons (Fsp3) is 0.438. The fourth-order valence-electron chi connectivity index (χ4n) is 3.05. The van der Waals surface area contributed by atoms with Gasteiger partial charge in [0.1, 0.15) is 5.01 Å². The van der Waals surface area contributed by atoms with Gasteiger partial charge in [-0.3, -0.25) is 0 Å². The molecule has 1 aromatic heterocycles. The molecule has 100 valence electrons. The topological polar surface area (TPSA) is 24.9 Å². The molecule has 1 atom stereocenters. The summed E-state index contributed by atoms with van der Waals surface area (Å²) < 4.78 is 0. The summed E-state index contributed by atoms with van der Waals surface area (Å²) in [6, 6.07) is 9.22. The lowest BCUT2D eigenvalue weighted by molar-refractivity contribution is 0.268. The minimum Gasteiger partial charge on any atom is -0.303 e. The first-order chi connectivity index (χ1) is 9.06. The van der Waals surface area contributed by atoms with E-state index in [1.54, 1.807) is 11.3 Å². The van der Waals surface area contributed by atoms with Crippen molar-refractivity contribution < 1.29 is 0 Å². The maximum Gasteiger partial charge on any atom is 0.107 e. The minimum atomic E-state index is 0.274. The molecule has 2 nitrogen and oxygen atoms in total. The van der Waals surface area contributed by atoms with Crippen LogP contribution in [0.25, 0.3) is 0 Å². The van der Waals surface area contributed by atoms with Crippen LogP contribution in [0.1, 0.15) is 40.9 Å². The van der Waals surface area contributed by atoms with Gasteiger partial charge in [-0.1, -0.05) is 38.1 Å². The highest BCUT2D eigenvalue weighted by Crippen LogP contribution is 2.45. The first-order valence-electron chi connectivity index (χ1n) is 6.79. The number of aryl methyl sites for hydroxylation is 1. The molecule has 0 spiro atoms. The van der Waals surface area contributed by atoms with Crippen LogP contribution in [0.5, 0.6) is 0 Å². The number of rotatable bonds is 3. The molecule has 1 heterocycles. The van der Waals surface area contributed by atoms with Gasteiger partial charge >= 0.3 is 0 Å². The summed E-state index contributed by atoms with van der Waals surface area (Å²) in [4.78, 5) is 5.72. The molecule has 3 heteroatoms. The second-order valence-corrected chi connectivity index (χ2v) is 7.36. The summed E-state index contributed by atoms with van der Waals surface area (Å²) in [6.45, 7) is 7.66. The molecule has 0 amide bonds. The number of thiazole rings is 1. The first-order valence-corrected chi connectivity index (χ1v) is 7.60. The number of aromatic nitrogens is 1. The van der Waals surface area contributed by atoms with Gasteiger partial charge in [-0.15, -0.1) is 11.3 Å². The summed E-state index contributed by atoms with van der Waals surface area (Å²) >= 11 is 1.78. The Balaban J connectivity index is 1.79. The number of benzene rings is 1. The van der Waals surface area contributed by atoms with E-state index in [-0.39, 0.29) is 5.41 Å². The van der Waals surface area contributed by atoms with E-state index >= 15 is 0 Å². The van der Waals surface area contributed by atoms with Crippen molar-refractivity contribution in [2.45, 2.75) is 39.8 Å². The standard InChI is InChI=1S/C16H20N2S/c1-11-9-17-14(19-11)10-18-15-13-7-5-4-6-12(13)8-16(15,2)3/h4-7,9,15,18H,8,10H2,1-3H3. The average molecular weight is 272 g/mol. The Bertz CT molecular complexity index is 586. The third-order valence-corrected chi connectivity index (χ3v) is 4.83. The zero-order chi connectivity index (χ0) is 13.5. The predicted octanol–water partition coefficient (Wildman–Crippen LogP) is 3.86. The van der Waals surface area contributed by atoms with E-state index in [2.05, 4.69) is 55.3 Å². The van der Waals surface area contributed by atoms with Crippen LogP contribution in [-0.2, 0) is 13.0 Å². The molecule has 0 radical (unpaired) electrons. The lowest BCUT2D eigenvalue weighted by atomic mass is 9.85. The highest BCUT2D eigenvalue weighted by molar-refractivity contribution is 7.11. The lowest BCUT2D eigenvalue weighted by Crippen LogP contribution is -2.30. The highest BCUT2D eigenvalue weighted by atomic mass is 32.1. The Kier molecular flexibility index (Phi) is 3.19. The average Bonchev–Trinajstić information content (AvgIpc) is 2.87. The van der Waals surface area contributed by atoms with E-state index < -0.39 is 0 Å². The molecule has 0 fully saturated rings. The van der Waals surface area contributed by atoms with Crippen LogP contribution >= 0.6 is 11.3 Å². The molecule has 19 heavy (non-hydrogen) atoms. The van der Waals surface area contributed by atoms with E-state index in [1.807, 2.05) is 6.20 Å². The number of fused-ring (bicyclic) bond motifs is 1. The molecule has 1 N–H and O–H groups in total. The van der Waals surface area contributed by atoms with E-state index in [0.717, 1.165) is 13.0 Å². The number of hydrogen-bond donors (Lipinski definition) is 1. The summed E-state index contributed by atoms with van der Waals surface area (Å²) in [6.07, 6.45) is 3.10. The maximum absolute atomic E-state index is 4.44. The van der Waals surface area contributed by atoms with Crippen LogP contribution in [0, 0.1) is 12.3 Å². The summed E-state index contributed by atoms with van der Waals surface area (Å²) in [5, 5.41) is 4.88. The van der Waals surface area contributed by atoms with Gasteiger partial charge in [0, 0.05) is 23.7 Å². The quantitative estimate of drug-likeness (QED) is 0.917. The fourth-order valence-corrected chi connectivity index (χ4v) is 3.79. The Morgan fingerprint density at radius 3 is 2.89 bits per heavy atom. The Morgan fingerprint density at radius 1 is 1.37 bits per heavy atom. The molecule has 1 aliphatic carbocycles. The second kappa shape index (κ2) is 4.73. The van der Waals surface area contributed by atoms with Gasteiger partial charge in [-0.2, -0.15) is 0 Å². The van der Waals surface area contributed by atoms with Crippen LogP contribution in [0.3, 0.4) is 0 Å². The van der Waals surface area contributed by atoms with Crippen molar-refractivity contribution in [2.24, 2.45) is 5.41 Å². The van der Waals surface area contributed by atoms with Crippen molar-refractivity contribution in [3.63, 3.8) is 0 Å². The molecule has 1 aliphatic rings. The van der Waals surface area contributed by atoms with Crippen LogP contribution in [0.2, 0.25) is 0 Å². The van der Waals surface area contributed by atoms with Gasteiger partial charge in [0.2, 0.25) is 0 Å². The number of nitrogens with zero attached hydrogens (tertiary/aromatic N) is 1. The molecule has 1 unspecified atom stereocenters. The van der Waals surface area contributed by atoms with Gasteiger partial charge in [-0.05, 0) is 29.9 Å². The smallest absolute Gasteiger partial charge is 0.107 e. The number of hydrogen-bond acceptors (Lipinski definition) is 3. The third kappa shape index (κ3) is 2.45. The molecule has 3 rings (SSSR count). The van der Waals surface area contributed by atoms with E-state index in [4.69, 9.17) is 0 Å². The molecular formula is C16H20N2S. The van der Waals surface area contributed by atoms with Gasteiger partial charge in [0.25, 0.3) is 0 Å². The highest BCUT2D eigenvalue weighted by Gasteiger charge is 2.38. The zero-order valence-electron chi connectivity index (χ0n) is 11.7. The molecule has 0 bridgehead atoms. The first kappa shape index (κ1) is 12.8. The van der Waals surface area contributed by atoms with Crippen molar-refractivity contribution in [1.29, 1.82) is 0 Å². The van der Waals surface area contributed by atoms with Crippen molar-refractivity contribution in [3.8, 4) is 0 Å². The third-order valence-electron chi connectivity index (χ3n) is 3.92. The van der Waals surface area contributed by atoms with Gasteiger partial charge in [0.05, 0.1) is 0 Å². The van der Waals surface area contributed by atoms with Crippen molar-refractivity contribution in [2.75, 3.05) is 0 Å². The molecule has 0 saturated heterocycles. The Labute approximate surface area is 118 Å². The minimum absolute atomic E-state index is 0.274. The van der Waals surface area contributed by atoms with Crippen molar-refractivity contribution in [3.05, 3.63) is 51.5 Å². The summed E-state index contributed by atoms with van der Waals surface area (Å²) in [7, 11) is 0. The van der Waals surface area contributed by atoms with E-state index in [0.29, 0.717) is 6.04 Å². The Morgan fingerprint density at radius 2 is 2.16 bits per heavy atom. The normalized spacial score (nSPS) is 20.5. The zero-order valence-corrected chi connectivity index (χ0v) is 12.6.